The molecule has 2 aromatic heterocycles. The van der Waals surface area contributed by atoms with Crippen molar-refractivity contribution in [3.05, 3.63) is 46.8 Å². The van der Waals surface area contributed by atoms with E-state index in [1.807, 2.05) is 35.2 Å². The molecule has 2 rings (SSSR count). The molecule has 4 heteroatoms. The van der Waals surface area contributed by atoms with E-state index in [1.54, 1.807) is 0 Å². The van der Waals surface area contributed by atoms with Crippen LogP contribution in [0.1, 0.15) is 26.5 Å². The molecule has 0 bridgehead atoms. The highest BCUT2D eigenvalue weighted by Crippen LogP contribution is 2.19. The Morgan fingerprint density at radius 3 is 2.44 bits per heavy atom. The van der Waals surface area contributed by atoms with E-state index >= 15 is 0 Å². The Labute approximate surface area is 94.0 Å². The monoisotopic (exact) mass is 217 g/mol. The lowest BCUT2D eigenvalue weighted by Crippen LogP contribution is -2.22. The van der Waals surface area contributed by atoms with E-state index in [-0.39, 0.29) is 11.1 Å². The quantitative estimate of drug-likeness (QED) is 0.792. The molecule has 0 aromatic carbocycles. The molecule has 0 aliphatic carbocycles. The maximum atomic E-state index is 11.5. The molecule has 0 aliphatic heterocycles. The van der Waals surface area contributed by atoms with Gasteiger partial charge in [-0.05, 0) is 12.1 Å². The van der Waals surface area contributed by atoms with E-state index in [0.717, 1.165) is 5.69 Å². The predicted octanol–water partition coefficient (Wildman–Crippen LogP) is 1.86. The fourth-order valence-corrected chi connectivity index (χ4v) is 1.47. The molecule has 0 saturated heterocycles. The van der Waals surface area contributed by atoms with Gasteiger partial charge >= 0.3 is 5.69 Å². The van der Waals surface area contributed by atoms with Gasteiger partial charge in [0.2, 0.25) is 0 Å². The lowest BCUT2D eigenvalue weighted by molar-refractivity contribution is 0.562. The maximum absolute atomic E-state index is 11.5. The Morgan fingerprint density at radius 2 is 1.88 bits per heavy atom. The number of nitrogens with one attached hydrogen (secondary N) is 1. The number of nitrogens with zero attached hydrogens (tertiary/aromatic N) is 2. The van der Waals surface area contributed by atoms with Gasteiger partial charge in [0.15, 0.2) is 0 Å². The van der Waals surface area contributed by atoms with Crippen LogP contribution in [0, 0.1) is 0 Å². The second-order valence-electron chi connectivity index (χ2n) is 4.80. The average Bonchev–Trinajstić information content (AvgIpc) is 2.68. The van der Waals surface area contributed by atoms with E-state index < -0.39 is 0 Å². The van der Waals surface area contributed by atoms with Crippen molar-refractivity contribution in [2.24, 2.45) is 0 Å². The molecular weight excluding hydrogens is 202 g/mol. The van der Waals surface area contributed by atoms with Crippen LogP contribution in [0.25, 0.3) is 5.82 Å². The van der Waals surface area contributed by atoms with Crippen LogP contribution < -0.4 is 5.69 Å². The Morgan fingerprint density at radius 1 is 1.25 bits per heavy atom. The molecule has 4 nitrogen and oxygen atoms in total. The highest BCUT2D eigenvalue weighted by atomic mass is 16.1. The summed E-state index contributed by atoms with van der Waals surface area (Å²) < 4.78 is 1.82. The van der Waals surface area contributed by atoms with Crippen LogP contribution in [0.3, 0.4) is 0 Å². The molecule has 84 valence electrons. The fraction of sp³-hybridized carbons (Fsp3) is 0.333. The molecule has 0 radical (unpaired) electrons. The van der Waals surface area contributed by atoms with Gasteiger partial charge in [0.05, 0.1) is 0 Å². The summed E-state index contributed by atoms with van der Waals surface area (Å²) in [7, 11) is 0. The van der Waals surface area contributed by atoms with Gasteiger partial charge in [-0.2, -0.15) is 4.98 Å². The van der Waals surface area contributed by atoms with Gasteiger partial charge in [-0.1, -0.05) is 20.8 Å². The minimum absolute atomic E-state index is 0.0933. The van der Waals surface area contributed by atoms with Crippen LogP contribution in [-0.2, 0) is 5.41 Å². The minimum Gasteiger partial charge on any atom is -0.309 e. The Bertz CT molecular complexity index is 532. The van der Waals surface area contributed by atoms with E-state index in [9.17, 15) is 4.79 Å². The molecule has 2 heterocycles. The first kappa shape index (κ1) is 10.7. The van der Waals surface area contributed by atoms with Crippen molar-refractivity contribution in [1.82, 2.24) is 14.5 Å². The molecule has 1 N–H and O–H groups in total. The first-order valence-electron chi connectivity index (χ1n) is 5.22. The van der Waals surface area contributed by atoms with Crippen LogP contribution in [0.15, 0.2) is 35.4 Å². The van der Waals surface area contributed by atoms with Gasteiger partial charge in [-0.25, -0.2) is 4.79 Å². The smallest absolute Gasteiger partial charge is 0.309 e. The number of H-pyrrole nitrogens is 1. The normalized spacial score (nSPS) is 11.7. The highest BCUT2D eigenvalue weighted by Gasteiger charge is 2.16. The Balaban J connectivity index is 2.57. The Hall–Kier alpha value is -1.84. The number of rotatable bonds is 1. The summed E-state index contributed by atoms with van der Waals surface area (Å²) in [5.74, 6) is 0.652. The van der Waals surface area contributed by atoms with Crippen molar-refractivity contribution in [1.29, 1.82) is 0 Å². The van der Waals surface area contributed by atoms with E-state index in [4.69, 9.17) is 0 Å². The number of hydrogen-bond acceptors (Lipinski definition) is 2. The van der Waals surface area contributed by atoms with Gasteiger partial charge in [0.1, 0.15) is 5.82 Å². The standard InChI is InChI=1S/C12H15N3O/c1-12(2,3)9-8-10(14-11(16)13-9)15-6-4-5-7-15/h4-8H,1-3H3,(H,13,14,16). The molecule has 0 amide bonds. The summed E-state index contributed by atoms with van der Waals surface area (Å²) in [6.45, 7) is 6.16. The number of aromatic amines is 1. The lowest BCUT2D eigenvalue weighted by atomic mass is 9.92. The third-order valence-electron chi connectivity index (χ3n) is 2.41. The van der Waals surface area contributed by atoms with Crippen LogP contribution in [0.2, 0.25) is 0 Å². The molecule has 0 saturated carbocycles. The van der Waals surface area contributed by atoms with Crippen molar-refractivity contribution in [2.75, 3.05) is 0 Å². The fourth-order valence-electron chi connectivity index (χ4n) is 1.47. The third kappa shape index (κ3) is 2.05. The highest BCUT2D eigenvalue weighted by molar-refractivity contribution is 5.27. The minimum atomic E-state index is -0.309. The molecule has 0 atom stereocenters. The van der Waals surface area contributed by atoms with Crippen molar-refractivity contribution >= 4 is 0 Å². The van der Waals surface area contributed by atoms with E-state index in [1.165, 1.54) is 0 Å². The SMILES string of the molecule is CC(C)(C)c1cc(-n2cccc2)nc(=O)[nH]1. The third-order valence-corrected chi connectivity index (χ3v) is 2.41. The summed E-state index contributed by atoms with van der Waals surface area (Å²) in [6.07, 6.45) is 3.74. The van der Waals surface area contributed by atoms with Crippen LogP contribution in [-0.4, -0.2) is 14.5 Å². The molecular formula is C12H15N3O. The first-order chi connectivity index (χ1) is 7.47. The molecule has 0 spiro atoms. The number of aromatic nitrogens is 3. The second kappa shape index (κ2) is 3.63. The van der Waals surface area contributed by atoms with Gasteiger partial charge in [0, 0.05) is 29.6 Å². The average molecular weight is 217 g/mol. The molecule has 16 heavy (non-hydrogen) atoms. The zero-order valence-corrected chi connectivity index (χ0v) is 9.69. The van der Waals surface area contributed by atoms with Gasteiger partial charge in [-0.3, -0.25) is 0 Å². The van der Waals surface area contributed by atoms with Crippen LogP contribution in [0.4, 0.5) is 0 Å². The molecule has 0 aliphatic rings. The Kier molecular flexibility index (Phi) is 2.42. The molecule has 0 unspecified atom stereocenters. The van der Waals surface area contributed by atoms with Crippen LogP contribution >= 0.6 is 0 Å². The topological polar surface area (TPSA) is 50.7 Å². The van der Waals surface area contributed by atoms with Gasteiger partial charge in [-0.15, -0.1) is 0 Å². The first-order valence-corrected chi connectivity index (χ1v) is 5.22. The number of hydrogen-bond donors (Lipinski definition) is 1. The van der Waals surface area contributed by atoms with Crippen molar-refractivity contribution < 1.29 is 0 Å². The van der Waals surface area contributed by atoms with E-state index in [0.29, 0.717) is 5.82 Å². The van der Waals surface area contributed by atoms with Gasteiger partial charge in [0.25, 0.3) is 0 Å². The summed E-state index contributed by atoms with van der Waals surface area (Å²) in [5.41, 5.74) is 0.483. The lowest BCUT2D eigenvalue weighted by Gasteiger charge is -2.18. The maximum Gasteiger partial charge on any atom is 0.347 e. The largest absolute Gasteiger partial charge is 0.347 e. The summed E-state index contributed by atoms with van der Waals surface area (Å²) >= 11 is 0. The van der Waals surface area contributed by atoms with Crippen molar-refractivity contribution in [3.63, 3.8) is 0 Å². The van der Waals surface area contributed by atoms with Gasteiger partial charge < -0.3 is 9.55 Å². The van der Waals surface area contributed by atoms with Crippen LogP contribution in [0.5, 0.6) is 0 Å². The second-order valence-corrected chi connectivity index (χ2v) is 4.80. The molecule has 0 fully saturated rings. The van der Waals surface area contributed by atoms with Crippen molar-refractivity contribution in [2.45, 2.75) is 26.2 Å². The molecule has 2 aromatic rings. The summed E-state index contributed by atoms with van der Waals surface area (Å²) in [4.78, 5) is 18.2. The van der Waals surface area contributed by atoms with E-state index in [2.05, 4.69) is 30.7 Å². The predicted molar refractivity (Wildman–Crippen MR) is 62.9 cm³/mol. The summed E-state index contributed by atoms with van der Waals surface area (Å²) in [5, 5.41) is 0. The zero-order valence-electron chi connectivity index (χ0n) is 9.69. The summed E-state index contributed by atoms with van der Waals surface area (Å²) in [6, 6.07) is 5.71. The van der Waals surface area contributed by atoms with Crippen molar-refractivity contribution in [3.8, 4) is 5.82 Å². The zero-order chi connectivity index (χ0) is 11.8.